The summed E-state index contributed by atoms with van der Waals surface area (Å²) in [6, 6.07) is 0. The topological polar surface area (TPSA) is 12.4 Å². The van der Waals surface area contributed by atoms with E-state index in [1.165, 1.54) is 19.3 Å². The van der Waals surface area contributed by atoms with E-state index >= 15 is 0 Å². The van der Waals surface area contributed by atoms with Gasteiger partial charge in [0.1, 0.15) is 0 Å². The maximum absolute atomic E-state index is 3.84. The standard InChI is InChI=1S/C8H17N/c1-4-5-6-8(2)7-9-3/h8H,3-7H2,1-2H3/t8-/m1/s1. The highest BCUT2D eigenvalue weighted by molar-refractivity contribution is 5.23. The van der Waals surface area contributed by atoms with Crippen molar-refractivity contribution in [2.24, 2.45) is 10.9 Å². The van der Waals surface area contributed by atoms with Gasteiger partial charge in [-0.2, -0.15) is 0 Å². The van der Waals surface area contributed by atoms with Crippen molar-refractivity contribution in [2.45, 2.75) is 33.1 Å². The molecule has 0 fully saturated rings. The first-order chi connectivity index (χ1) is 4.31. The maximum atomic E-state index is 3.84. The van der Waals surface area contributed by atoms with Gasteiger partial charge in [0.25, 0.3) is 0 Å². The van der Waals surface area contributed by atoms with Gasteiger partial charge in [-0.25, -0.2) is 0 Å². The van der Waals surface area contributed by atoms with Gasteiger partial charge in [-0.05, 0) is 19.1 Å². The molecule has 0 rings (SSSR count). The highest BCUT2D eigenvalue weighted by atomic mass is 14.7. The molecule has 1 nitrogen and oxygen atoms in total. The van der Waals surface area contributed by atoms with Gasteiger partial charge in [0.15, 0.2) is 0 Å². The van der Waals surface area contributed by atoms with Gasteiger partial charge in [-0.3, -0.25) is 0 Å². The number of aliphatic imine (C=N–C) groups is 1. The lowest BCUT2D eigenvalue weighted by atomic mass is 10.1. The van der Waals surface area contributed by atoms with Crippen LogP contribution in [-0.2, 0) is 0 Å². The van der Waals surface area contributed by atoms with Crippen LogP contribution in [0, 0.1) is 5.92 Å². The first kappa shape index (κ1) is 8.67. The zero-order valence-electron chi connectivity index (χ0n) is 6.56. The molecule has 0 amide bonds. The summed E-state index contributed by atoms with van der Waals surface area (Å²) in [5.41, 5.74) is 0. The second kappa shape index (κ2) is 5.80. The predicted molar refractivity (Wildman–Crippen MR) is 43.1 cm³/mol. The van der Waals surface area contributed by atoms with E-state index in [9.17, 15) is 0 Å². The summed E-state index contributed by atoms with van der Waals surface area (Å²) in [6.45, 7) is 8.83. The zero-order chi connectivity index (χ0) is 7.11. The van der Waals surface area contributed by atoms with Gasteiger partial charge in [-0.15, -0.1) is 0 Å². The Bertz CT molecular complexity index is 69.0. The summed E-state index contributed by atoms with van der Waals surface area (Å²) < 4.78 is 0. The van der Waals surface area contributed by atoms with Gasteiger partial charge in [0.05, 0.1) is 0 Å². The van der Waals surface area contributed by atoms with Crippen LogP contribution in [-0.4, -0.2) is 13.3 Å². The van der Waals surface area contributed by atoms with Crippen molar-refractivity contribution in [3.63, 3.8) is 0 Å². The summed E-state index contributed by atoms with van der Waals surface area (Å²) in [6.07, 6.45) is 3.92. The first-order valence-electron chi connectivity index (χ1n) is 3.73. The Morgan fingerprint density at radius 3 is 2.67 bits per heavy atom. The van der Waals surface area contributed by atoms with Crippen LogP contribution in [0.1, 0.15) is 33.1 Å². The normalized spacial score (nSPS) is 13.1. The van der Waals surface area contributed by atoms with Crippen molar-refractivity contribution < 1.29 is 0 Å². The minimum Gasteiger partial charge on any atom is -0.301 e. The molecule has 0 saturated heterocycles. The molecule has 0 aromatic carbocycles. The molecule has 9 heavy (non-hydrogen) atoms. The Balaban J connectivity index is 3.04. The van der Waals surface area contributed by atoms with E-state index < -0.39 is 0 Å². The van der Waals surface area contributed by atoms with E-state index in [-0.39, 0.29) is 0 Å². The number of nitrogens with zero attached hydrogens (tertiary/aromatic N) is 1. The lowest BCUT2D eigenvalue weighted by Crippen LogP contribution is -1.97. The average Bonchev–Trinajstić information content (AvgIpc) is 1.85. The second-order valence-corrected chi connectivity index (χ2v) is 2.65. The summed E-state index contributed by atoms with van der Waals surface area (Å²) in [7, 11) is 0. The van der Waals surface area contributed by atoms with Gasteiger partial charge >= 0.3 is 0 Å². The largest absolute Gasteiger partial charge is 0.301 e. The molecule has 0 bridgehead atoms. The fraction of sp³-hybridized carbons (Fsp3) is 0.875. The molecule has 0 saturated carbocycles. The van der Waals surface area contributed by atoms with Gasteiger partial charge < -0.3 is 4.99 Å². The van der Waals surface area contributed by atoms with Crippen LogP contribution < -0.4 is 0 Å². The van der Waals surface area contributed by atoms with Crippen LogP contribution in [0.15, 0.2) is 4.99 Å². The second-order valence-electron chi connectivity index (χ2n) is 2.65. The van der Waals surface area contributed by atoms with Crippen LogP contribution >= 0.6 is 0 Å². The zero-order valence-corrected chi connectivity index (χ0v) is 6.56. The first-order valence-corrected chi connectivity index (χ1v) is 3.73. The molecule has 0 heterocycles. The Kier molecular flexibility index (Phi) is 5.59. The molecule has 0 aliphatic heterocycles. The van der Waals surface area contributed by atoms with E-state index in [1.54, 1.807) is 0 Å². The number of unbranched alkanes of at least 4 members (excludes halogenated alkanes) is 1. The van der Waals surface area contributed by atoms with E-state index in [1.807, 2.05) is 0 Å². The third-order valence-electron chi connectivity index (χ3n) is 1.49. The monoisotopic (exact) mass is 127 g/mol. The summed E-state index contributed by atoms with van der Waals surface area (Å²) in [5.74, 6) is 0.738. The molecule has 0 aliphatic rings. The van der Waals surface area contributed by atoms with Crippen molar-refractivity contribution in [1.29, 1.82) is 0 Å². The van der Waals surface area contributed by atoms with Crippen molar-refractivity contribution in [1.82, 2.24) is 0 Å². The van der Waals surface area contributed by atoms with E-state index in [0.29, 0.717) is 0 Å². The minimum absolute atomic E-state index is 0.738. The molecule has 0 aromatic rings. The highest BCUT2D eigenvalue weighted by Crippen LogP contribution is 2.06. The molecule has 0 spiro atoms. The Hall–Kier alpha value is -0.330. The Labute approximate surface area is 58.2 Å². The van der Waals surface area contributed by atoms with Crippen molar-refractivity contribution >= 4 is 6.72 Å². The molecule has 0 aliphatic carbocycles. The lowest BCUT2D eigenvalue weighted by Gasteiger charge is -2.04. The summed E-state index contributed by atoms with van der Waals surface area (Å²) in [4.78, 5) is 3.84. The van der Waals surface area contributed by atoms with Gasteiger partial charge in [0.2, 0.25) is 0 Å². The van der Waals surface area contributed by atoms with Crippen LogP contribution in [0.5, 0.6) is 0 Å². The van der Waals surface area contributed by atoms with Crippen LogP contribution in [0.3, 0.4) is 0 Å². The van der Waals surface area contributed by atoms with Crippen LogP contribution in [0.4, 0.5) is 0 Å². The van der Waals surface area contributed by atoms with E-state index in [2.05, 4.69) is 25.6 Å². The minimum atomic E-state index is 0.738. The Morgan fingerprint density at radius 1 is 1.56 bits per heavy atom. The molecule has 1 atom stereocenters. The van der Waals surface area contributed by atoms with Gasteiger partial charge in [0, 0.05) is 6.54 Å². The fourth-order valence-electron chi connectivity index (χ4n) is 0.864. The SMILES string of the molecule is C=NC[C@H](C)CCCC. The van der Waals surface area contributed by atoms with Crippen LogP contribution in [0.25, 0.3) is 0 Å². The van der Waals surface area contributed by atoms with Crippen molar-refractivity contribution in [3.8, 4) is 0 Å². The third-order valence-corrected chi connectivity index (χ3v) is 1.49. The molecule has 0 unspecified atom stereocenters. The number of hydrogen-bond donors (Lipinski definition) is 0. The molecular formula is C8H17N. The van der Waals surface area contributed by atoms with Crippen LogP contribution in [0.2, 0.25) is 0 Å². The summed E-state index contributed by atoms with van der Waals surface area (Å²) in [5, 5.41) is 0. The Morgan fingerprint density at radius 2 is 2.22 bits per heavy atom. The van der Waals surface area contributed by atoms with Crippen molar-refractivity contribution in [2.75, 3.05) is 6.54 Å². The molecular weight excluding hydrogens is 110 g/mol. The predicted octanol–water partition coefficient (Wildman–Crippen LogP) is 2.51. The third kappa shape index (κ3) is 5.54. The smallest absolute Gasteiger partial charge is 0.0407 e. The van der Waals surface area contributed by atoms with Crippen molar-refractivity contribution in [3.05, 3.63) is 0 Å². The lowest BCUT2D eigenvalue weighted by molar-refractivity contribution is 0.518. The molecule has 54 valence electrons. The number of rotatable bonds is 5. The van der Waals surface area contributed by atoms with Gasteiger partial charge in [-0.1, -0.05) is 26.7 Å². The molecule has 0 N–H and O–H groups in total. The highest BCUT2D eigenvalue weighted by Gasteiger charge is 1.96. The summed E-state index contributed by atoms with van der Waals surface area (Å²) >= 11 is 0. The molecule has 0 radical (unpaired) electrons. The average molecular weight is 127 g/mol. The molecule has 1 heteroatoms. The number of hydrogen-bond acceptors (Lipinski definition) is 1. The fourth-order valence-corrected chi connectivity index (χ4v) is 0.864. The maximum Gasteiger partial charge on any atom is 0.0407 e. The molecule has 0 aromatic heterocycles. The van der Waals surface area contributed by atoms with E-state index in [4.69, 9.17) is 0 Å². The quantitative estimate of drug-likeness (QED) is 0.503. The van der Waals surface area contributed by atoms with E-state index in [0.717, 1.165) is 12.5 Å².